The molecule has 0 spiro atoms. The van der Waals surface area contributed by atoms with Gasteiger partial charge in [-0.1, -0.05) is 24.3 Å². The van der Waals surface area contributed by atoms with Gasteiger partial charge in [0, 0.05) is 31.7 Å². The first-order valence-corrected chi connectivity index (χ1v) is 9.28. The van der Waals surface area contributed by atoms with Crippen molar-refractivity contribution in [1.82, 2.24) is 9.80 Å². The molecule has 140 valence electrons. The SMILES string of the molecule is NC(=O)c1cccc(/C=C/C2CCN(C(=O)CN3CCOCC3)CC2)c1. The second-order valence-electron chi connectivity index (χ2n) is 6.96. The van der Waals surface area contributed by atoms with Crippen molar-refractivity contribution in [2.45, 2.75) is 12.8 Å². The normalized spacial score (nSPS) is 19.8. The summed E-state index contributed by atoms with van der Waals surface area (Å²) in [6.45, 7) is 5.24. The van der Waals surface area contributed by atoms with E-state index >= 15 is 0 Å². The first-order valence-electron chi connectivity index (χ1n) is 9.28. The number of piperidine rings is 1. The lowest BCUT2D eigenvalue weighted by atomic mass is 9.95. The highest BCUT2D eigenvalue weighted by atomic mass is 16.5. The molecule has 0 unspecified atom stereocenters. The lowest BCUT2D eigenvalue weighted by molar-refractivity contribution is -0.134. The Labute approximate surface area is 154 Å². The number of allylic oxidation sites excluding steroid dienone is 1. The van der Waals surface area contributed by atoms with Gasteiger partial charge < -0.3 is 15.4 Å². The topological polar surface area (TPSA) is 75.9 Å². The summed E-state index contributed by atoms with van der Waals surface area (Å²) in [6.07, 6.45) is 6.17. The number of nitrogens with two attached hydrogens (primary N) is 1. The number of carbonyl (C=O) groups excluding carboxylic acids is 2. The fraction of sp³-hybridized carbons (Fsp3) is 0.500. The van der Waals surface area contributed by atoms with E-state index in [-0.39, 0.29) is 5.91 Å². The zero-order valence-corrected chi connectivity index (χ0v) is 15.1. The van der Waals surface area contributed by atoms with Gasteiger partial charge in [-0.25, -0.2) is 0 Å². The Balaban J connectivity index is 1.46. The number of hydrogen-bond acceptors (Lipinski definition) is 4. The van der Waals surface area contributed by atoms with Gasteiger partial charge >= 0.3 is 0 Å². The monoisotopic (exact) mass is 357 g/mol. The maximum absolute atomic E-state index is 12.4. The lowest BCUT2D eigenvalue weighted by Gasteiger charge is -2.33. The smallest absolute Gasteiger partial charge is 0.248 e. The predicted molar refractivity (Wildman–Crippen MR) is 101 cm³/mol. The first-order chi connectivity index (χ1) is 12.6. The van der Waals surface area contributed by atoms with Crippen molar-refractivity contribution in [1.29, 1.82) is 0 Å². The highest BCUT2D eigenvalue weighted by molar-refractivity contribution is 5.93. The number of morpholine rings is 1. The average molecular weight is 357 g/mol. The van der Waals surface area contributed by atoms with E-state index in [1.807, 2.05) is 23.1 Å². The van der Waals surface area contributed by atoms with Crippen molar-refractivity contribution in [3.05, 3.63) is 41.5 Å². The van der Waals surface area contributed by atoms with Crippen LogP contribution in [-0.4, -0.2) is 67.6 Å². The Kier molecular flexibility index (Phi) is 6.41. The number of rotatable bonds is 5. The van der Waals surface area contributed by atoms with Crippen LogP contribution in [0, 0.1) is 5.92 Å². The number of primary amides is 1. The van der Waals surface area contributed by atoms with Crippen LogP contribution in [0.1, 0.15) is 28.8 Å². The molecule has 6 nitrogen and oxygen atoms in total. The molecule has 2 amide bonds. The highest BCUT2D eigenvalue weighted by Gasteiger charge is 2.23. The second-order valence-corrected chi connectivity index (χ2v) is 6.96. The summed E-state index contributed by atoms with van der Waals surface area (Å²) < 4.78 is 5.32. The van der Waals surface area contributed by atoms with E-state index in [2.05, 4.69) is 11.0 Å². The number of carbonyl (C=O) groups is 2. The van der Waals surface area contributed by atoms with E-state index < -0.39 is 5.91 Å². The molecule has 0 atom stereocenters. The average Bonchev–Trinajstić information content (AvgIpc) is 2.68. The minimum Gasteiger partial charge on any atom is -0.379 e. The molecule has 2 aliphatic rings. The minimum atomic E-state index is -0.410. The minimum absolute atomic E-state index is 0.225. The molecule has 2 aliphatic heterocycles. The van der Waals surface area contributed by atoms with Gasteiger partial charge in [0.2, 0.25) is 11.8 Å². The van der Waals surface area contributed by atoms with Crippen molar-refractivity contribution in [3.8, 4) is 0 Å². The van der Waals surface area contributed by atoms with Crippen LogP contribution in [0.5, 0.6) is 0 Å². The van der Waals surface area contributed by atoms with Gasteiger partial charge in [-0.2, -0.15) is 0 Å². The zero-order chi connectivity index (χ0) is 18.4. The van der Waals surface area contributed by atoms with Crippen molar-refractivity contribution >= 4 is 17.9 Å². The van der Waals surface area contributed by atoms with Crippen molar-refractivity contribution in [2.24, 2.45) is 11.7 Å². The van der Waals surface area contributed by atoms with E-state index in [4.69, 9.17) is 10.5 Å². The summed E-state index contributed by atoms with van der Waals surface area (Å²) in [6, 6.07) is 7.33. The van der Waals surface area contributed by atoms with Crippen LogP contribution in [0.2, 0.25) is 0 Å². The number of likely N-dealkylation sites (tertiary alicyclic amines) is 1. The molecule has 1 aromatic carbocycles. The van der Waals surface area contributed by atoms with E-state index in [1.54, 1.807) is 12.1 Å². The third-order valence-corrected chi connectivity index (χ3v) is 5.09. The molecule has 0 radical (unpaired) electrons. The zero-order valence-electron chi connectivity index (χ0n) is 15.1. The van der Waals surface area contributed by atoms with Crippen LogP contribution in [-0.2, 0) is 9.53 Å². The van der Waals surface area contributed by atoms with Gasteiger partial charge in [0.25, 0.3) is 0 Å². The molecule has 0 bridgehead atoms. The van der Waals surface area contributed by atoms with Crippen LogP contribution < -0.4 is 5.73 Å². The quantitative estimate of drug-likeness (QED) is 0.864. The molecule has 0 aliphatic carbocycles. The van der Waals surface area contributed by atoms with Crippen LogP contribution in [0.15, 0.2) is 30.3 Å². The molecule has 2 saturated heterocycles. The van der Waals surface area contributed by atoms with E-state index in [0.29, 0.717) is 18.0 Å². The molecule has 2 fully saturated rings. The molecule has 2 heterocycles. The van der Waals surface area contributed by atoms with Gasteiger partial charge in [-0.05, 0) is 36.5 Å². The van der Waals surface area contributed by atoms with Crippen molar-refractivity contribution in [3.63, 3.8) is 0 Å². The van der Waals surface area contributed by atoms with Crippen molar-refractivity contribution < 1.29 is 14.3 Å². The fourth-order valence-corrected chi connectivity index (χ4v) is 3.43. The summed E-state index contributed by atoms with van der Waals surface area (Å²) in [7, 11) is 0. The molecule has 26 heavy (non-hydrogen) atoms. The first kappa shape index (κ1) is 18.6. The summed E-state index contributed by atoms with van der Waals surface area (Å²) >= 11 is 0. The van der Waals surface area contributed by atoms with Crippen molar-refractivity contribution in [2.75, 3.05) is 45.9 Å². The second kappa shape index (κ2) is 8.96. The molecular formula is C20H27N3O3. The van der Waals surface area contributed by atoms with E-state index in [0.717, 1.165) is 57.8 Å². The molecule has 1 aromatic rings. The summed E-state index contributed by atoms with van der Waals surface area (Å²) in [5.74, 6) is 0.274. The molecule has 6 heteroatoms. The number of amides is 2. The molecule has 0 saturated carbocycles. The summed E-state index contributed by atoms with van der Waals surface area (Å²) in [5, 5.41) is 0. The summed E-state index contributed by atoms with van der Waals surface area (Å²) in [4.78, 5) is 27.8. The third kappa shape index (κ3) is 5.16. The third-order valence-electron chi connectivity index (χ3n) is 5.09. The molecule has 0 aromatic heterocycles. The Morgan fingerprint density at radius 2 is 1.88 bits per heavy atom. The van der Waals surface area contributed by atoms with Gasteiger partial charge in [0.15, 0.2) is 0 Å². The maximum atomic E-state index is 12.4. The van der Waals surface area contributed by atoms with Gasteiger partial charge in [-0.15, -0.1) is 0 Å². The number of benzene rings is 1. The number of hydrogen-bond donors (Lipinski definition) is 1. The number of nitrogens with zero attached hydrogens (tertiary/aromatic N) is 2. The predicted octanol–water partition coefficient (Wildman–Crippen LogP) is 1.37. The molecule has 2 N–H and O–H groups in total. The Bertz CT molecular complexity index is 660. The van der Waals surface area contributed by atoms with Gasteiger partial charge in [0.1, 0.15) is 0 Å². The van der Waals surface area contributed by atoms with Gasteiger partial charge in [0.05, 0.1) is 19.8 Å². The van der Waals surface area contributed by atoms with E-state index in [1.165, 1.54) is 0 Å². The Morgan fingerprint density at radius 3 is 2.58 bits per heavy atom. The largest absolute Gasteiger partial charge is 0.379 e. The van der Waals surface area contributed by atoms with E-state index in [9.17, 15) is 9.59 Å². The highest BCUT2D eigenvalue weighted by Crippen LogP contribution is 2.20. The van der Waals surface area contributed by atoms with Crippen LogP contribution in [0.3, 0.4) is 0 Å². The Morgan fingerprint density at radius 1 is 1.15 bits per heavy atom. The molecule has 3 rings (SSSR count). The maximum Gasteiger partial charge on any atom is 0.248 e. The standard InChI is InChI=1S/C20H27N3O3/c21-20(25)18-3-1-2-17(14-18)5-4-16-6-8-23(9-7-16)19(24)15-22-10-12-26-13-11-22/h1-5,14,16H,6-13,15H2,(H2,21,25)/b5-4+. The summed E-state index contributed by atoms with van der Waals surface area (Å²) in [5.41, 5.74) is 6.82. The van der Waals surface area contributed by atoms with Crippen LogP contribution >= 0.6 is 0 Å². The van der Waals surface area contributed by atoms with Crippen LogP contribution in [0.25, 0.3) is 6.08 Å². The number of ether oxygens (including phenoxy) is 1. The Hall–Kier alpha value is -2.18. The fourth-order valence-electron chi connectivity index (χ4n) is 3.43. The van der Waals surface area contributed by atoms with Crippen LogP contribution in [0.4, 0.5) is 0 Å². The van der Waals surface area contributed by atoms with Gasteiger partial charge in [-0.3, -0.25) is 14.5 Å². The molecular weight excluding hydrogens is 330 g/mol. The lowest BCUT2D eigenvalue weighted by Crippen LogP contribution is -2.46.